The van der Waals surface area contributed by atoms with Crippen molar-refractivity contribution in [3.8, 4) is 11.5 Å². The van der Waals surface area contributed by atoms with Gasteiger partial charge in [0.1, 0.15) is 17.3 Å². The molecule has 0 aliphatic heterocycles. The molecular formula is C16H18FNO. The van der Waals surface area contributed by atoms with Gasteiger partial charge in [0, 0.05) is 12.1 Å². The zero-order chi connectivity index (χ0) is 13.7. The summed E-state index contributed by atoms with van der Waals surface area (Å²) in [6.07, 6.45) is 0. The van der Waals surface area contributed by atoms with Crippen molar-refractivity contribution in [1.29, 1.82) is 0 Å². The summed E-state index contributed by atoms with van der Waals surface area (Å²) in [7, 11) is 0. The number of aryl methyl sites for hydroxylation is 1. The molecule has 0 saturated carbocycles. The lowest BCUT2D eigenvalue weighted by Crippen LogP contribution is -2.12. The van der Waals surface area contributed by atoms with Gasteiger partial charge in [0.05, 0.1) is 0 Å². The molecule has 0 fully saturated rings. The van der Waals surface area contributed by atoms with Crippen LogP contribution < -0.4 is 10.1 Å². The van der Waals surface area contributed by atoms with Gasteiger partial charge in [-0.1, -0.05) is 24.6 Å². The molecule has 2 aromatic rings. The summed E-state index contributed by atoms with van der Waals surface area (Å²) >= 11 is 0. The maximum absolute atomic E-state index is 13.3. The molecule has 0 saturated heterocycles. The van der Waals surface area contributed by atoms with Crippen LogP contribution in [0.2, 0.25) is 0 Å². The molecule has 3 heteroatoms. The zero-order valence-electron chi connectivity index (χ0n) is 11.2. The van der Waals surface area contributed by atoms with E-state index in [2.05, 4.69) is 5.32 Å². The van der Waals surface area contributed by atoms with Crippen LogP contribution in [0.4, 0.5) is 4.39 Å². The van der Waals surface area contributed by atoms with Crippen molar-refractivity contribution in [2.45, 2.75) is 20.4 Å². The van der Waals surface area contributed by atoms with Gasteiger partial charge in [-0.3, -0.25) is 0 Å². The van der Waals surface area contributed by atoms with Crippen LogP contribution in [0.1, 0.15) is 18.1 Å². The monoisotopic (exact) mass is 259 g/mol. The van der Waals surface area contributed by atoms with E-state index in [4.69, 9.17) is 4.74 Å². The molecule has 2 rings (SSSR count). The molecule has 0 radical (unpaired) electrons. The summed E-state index contributed by atoms with van der Waals surface area (Å²) in [6.45, 7) is 5.47. The number of ether oxygens (including phenoxy) is 1. The molecule has 0 aromatic heterocycles. The smallest absolute Gasteiger partial charge is 0.132 e. The van der Waals surface area contributed by atoms with Gasteiger partial charge < -0.3 is 10.1 Å². The zero-order valence-corrected chi connectivity index (χ0v) is 11.2. The van der Waals surface area contributed by atoms with Crippen molar-refractivity contribution < 1.29 is 9.13 Å². The number of rotatable bonds is 5. The van der Waals surface area contributed by atoms with E-state index in [1.54, 1.807) is 6.07 Å². The SMILES string of the molecule is CCNCc1cc(F)ccc1Oc1ccc(C)cc1. The summed E-state index contributed by atoms with van der Waals surface area (Å²) in [5, 5.41) is 3.18. The molecule has 0 amide bonds. The topological polar surface area (TPSA) is 21.3 Å². The molecule has 0 spiro atoms. The Morgan fingerprint density at radius 3 is 2.53 bits per heavy atom. The highest BCUT2D eigenvalue weighted by atomic mass is 19.1. The van der Waals surface area contributed by atoms with Gasteiger partial charge in [0.25, 0.3) is 0 Å². The van der Waals surface area contributed by atoms with Crippen LogP contribution in [0.15, 0.2) is 42.5 Å². The van der Waals surface area contributed by atoms with Gasteiger partial charge in [-0.15, -0.1) is 0 Å². The molecule has 0 unspecified atom stereocenters. The van der Waals surface area contributed by atoms with Crippen LogP contribution in [0.3, 0.4) is 0 Å². The normalized spacial score (nSPS) is 10.5. The summed E-state index contributed by atoms with van der Waals surface area (Å²) in [5.74, 6) is 1.20. The Hall–Kier alpha value is -1.87. The number of hydrogen-bond donors (Lipinski definition) is 1. The fraction of sp³-hybridized carbons (Fsp3) is 0.250. The van der Waals surface area contributed by atoms with Crippen LogP contribution in [-0.2, 0) is 6.54 Å². The maximum atomic E-state index is 13.3. The first-order valence-electron chi connectivity index (χ1n) is 6.42. The highest BCUT2D eigenvalue weighted by molar-refractivity contribution is 5.38. The fourth-order valence-electron chi connectivity index (χ4n) is 1.78. The highest BCUT2D eigenvalue weighted by Crippen LogP contribution is 2.26. The molecule has 0 bridgehead atoms. The highest BCUT2D eigenvalue weighted by Gasteiger charge is 2.06. The second-order valence-electron chi connectivity index (χ2n) is 4.45. The van der Waals surface area contributed by atoms with Gasteiger partial charge in [0.2, 0.25) is 0 Å². The summed E-state index contributed by atoms with van der Waals surface area (Å²) in [5.41, 5.74) is 2.00. The van der Waals surface area contributed by atoms with E-state index in [1.165, 1.54) is 17.7 Å². The Balaban J connectivity index is 2.20. The lowest BCUT2D eigenvalue weighted by molar-refractivity contribution is 0.470. The van der Waals surface area contributed by atoms with Crippen molar-refractivity contribution >= 4 is 0 Å². The van der Waals surface area contributed by atoms with Crippen molar-refractivity contribution in [2.75, 3.05) is 6.54 Å². The van der Waals surface area contributed by atoms with Crippen molar-refractivity contribution in [3.63, 3.8) is 0 Å². The van der Waals surface area contributed by atoms with Crippen LogP contribution in [0, 0.1) is 12.7 Å². The third-order valence-corrected chi connectivity index (χ3v) is 2.84. The van der Waals surface area contributed by atoms with Crippen LogP contribution >= 0.6 is 0 Å². The van der Waals surface area contributed by atoms with E-state index in [1.807, 2.05) is 38.1 Å². The average Bonchev–Trinajstić information content (AvgIpc) is 2.41. The Morgan fingerprint density at radius 1 is 1.11 bits per heavy atom. The molecule has 0 aliphatic carbocycles. The third kappa shape index (κ3) is 3.80. The maximum Gasteiger partial charge on any atom is 0.132 e. The van der Waals surface area contributed by atoms with Crippen molar-refractivity contribution in [2.24, 2.45) is 0 Å². The Labute approximate surface area is 113 Å². The quantitative estimate of drug-likeness (QED) is 0.875. The lowest BCUT2D eigenvalue weighted by atomic mass is 10.2. The van der Waals surface area contributed by atoms with E-state index < -0.39 is 0 Å². The molecule has 2 aromatic carbocycles. The molecule has 19 heavy (non-hydrogen) atoms. The minimum absolute atomic E-state index is 0.246. The van der Waals surface area contributed by atoms with Gasteiger partial charge in [-0.2, -0.15) is 0 Å². The van der Waals surface area contributed by atoms with Crippen LogP contribution in [0.25, 0.3) is 0 Å². The van der Waals surface area contributed by atoms with Gasteiger partial charge >= 0.3 is 0 Å². The molecular weight excluding hydrogens is 241 g/mol. The Kier molecular flexibility index (Phi) is 4.53. The predicted molar refractivity (Wildman–Crippen MR) is 75.0 cm³/mol. The average molecular weight is 259 g/mol. The summed E-state index contributed by atoms with van der Waals surface area (Å²) in [6, 6.07) is 12.4. The van der Waals surface area contributed by atoms with Crippen molar-refractivity contribution in [3.05, 3.63) is 59.4 Å². The van der Waals surface area contributed by atoms with E-state index in [0.29, 0.717) is 12.3 Å². The van der Waals surface area contributed by atoms with Gasteiger partial charge in [0.15, 0.2) is 0 Å². The molecule has 1 N–H and O–H groups in total. The second kappa shape index (κ2) is 6.34. The minimum atomic E-state index is -0.246. The van der Waals surface area contributed by atoms with Crippen LogP contribution in [-0.4, -0.2) is 6.54 Å². The molecule has 2 nitrogen and oxygen atoms in total. The number of hydrogen-bond acceptors (Lipinski definition) is 2. The molecule has 0 aliphatic rings. The van der Waals surface area contributed by atoms with E-state index in [-0.39, 0.29) is 5.82 Å². The largest absolute Gasteiger partial charge is 0.457 e. The first-order chi connectivity index (χ1) is 9.19. The second-order valence-corrected chi connectivity index (χ2v) is 4.45. The first-order valence-corrected chi connectivity index (χ1v) is 6.42. The number of nitrogens with one attached hydrogen (secondary N) is 1. The molecule has 100 valence electrons. The van der Waals surface area contributed by atoms with E-state index in [9.17, 15) is 4.39 Å². The standard InChI is InChI=1S/C16H18FNO/c1-3-18-11-13-10-14(17)6-9-16(13)19-15-7-4-12(2)5-8-15/h4-10,18H,3,11H2,1-2H3. The van der Waals surface area contributed by atoms with E-state index >= 15 is 0 Å². The number of benzene rings is 2. The van der Waals surface area contributed by atoms with Gasteiger partial charge in [-0.25, -0.2) is 4.39 Å². The fourth-order valence-corrected chi connectivity index (χ4v) is 1.78. The molecule has 0 heterocycles. The summed E-state index contributed by atoms with van der Waals surface area (Å²) in [4.78, 5) is 0. The predicted octanol–water partition coefficient (Wildman–Crippen LogP) is 4.04. The van der Waals surface area contributed by atoms with Gasteiger partial charge in [-0.05, 0) is 43.8 Å². The van der Waals surface area contributed by atoms with E-state index in [0.717, 1.165) is 17.9 Å². The summed E-state index contributed by atoms with van der Waals surface area (Å²) < 4.78 is 19.1. The van der Waals surface area contributed by atoms with Crippen molar-refractivity contribution in [1.82, 2.24) is 5.32 Å². The minimum Gasteiger partial charge on any atom is -0.457 e. The van der Waals surface area contributed by atoms with Crippen LogP contribution in [0.5, 0.6) is 11.5 Å². The third-order valence-electron chi connectivity index (χ3n) is 2.84. The lowest BCUT2D eigenvalue weighted by Gasteiger charge is -2.12. The molecule has 0 atom stereocenters. The Morgan fingerprint density at radius 2 is 1.84 bits per heavy atom. The number of halogens is 1. The first kappa shape index (κ1) is 13.6. The Bertz CT molecular complexity index is 537.